The molecular formula is C19H27N5O2S3. The molecule has 0 amide bonds. The third-order valence-corrected chi connectivity index (χ3v) is 8.80. The van der Waals surface area contributed by atoms with Gasteiger partial charge in [-0.25, -0.2) is 13.1 Å². The molecule has 29 heavy (non-hydrogen) atoms. The topological polar surface area (TPSA) is 70.5 Å². The molecular weight excluding hydrogens is 426 g/mol. The number of benzene rings is 1. The van der Waals surface area contributed by atoms with Crippen molar-refractivity contribution in [3.8, 4) is 0 Å². The van der Waals surface area contributed by atoms with E-state index in [9.17, 15) is 8.42 Å². The zero-order valence-corrected chi connectivity index (χ0v) is 19.2. The van der Waals surface area contributed by atoms with Crippen LogP contribution in [0.3, 0.4) is 0 Å². The minimum absolute atomic E-state index is 0.192. The van der Waals surface area contributed by atoms with Crippen LogP contribution in [0.25, 0.3) is 0 Å². The third kappa shape index (κ3) is 5.05. The second-order valence-electron chi connectivity index (χ2n) is 7.95. The second kappa shape index (κ2) is 8.43. The highest BCUT2D eigenvalue weighted by Crippen LogP contribution is 2.23. The van der Waals surface area contributed by atoms with Crippen LogP contribution < -0.4 is 5.32 Å². The van der Waals surface area contributed by atoms with Crippen LogP contribution in [0.1, 0.15) is 17.5 Å². The number of aromatic nitrogens is 2. The summed E-state index contributed by atoms with van der Waals surface area (Å²) in [7, 11) is -2.83. The summed E-state index contributed by atoms with van der Waals surface area (Å²) < 4.78 is 26.1. The van der Waals surface area contributed by atoms with Crippen LogP contribution in [0.5, 0.6) is 0 Å². The van der Waals surface area contributed by atoms with E-state index in [2.05, 4.69) is 52.3 Å². The lowest BCUT2D eigenvalue weighted by Crippen LogP contribution is -2.50. The van der Waals surface area contributed by atoms with Gasteiger partial charge in [-0.1, -0.05) is 17.4 Å². The van der Waals surface area contributed by atoms with Gasteiger partial charge in [-0.05, 0) is 55.7 Å². The van der Waals surface area contributed by atoms with Crippen LogP contribution in [-0.2, 0) is 16.5 Å². The Morgan fingerprint density at radius 3 is 2.62 bits per heavy atom. The molecule has 0 aliphatic carbocycles. The largest absolute Gasteiger partial charge is 0.330 e. The Morgan fingerprint density at radius 2 is 1.97 bits per heavy atom. The number of sulfone groups is 1. The summed E-state index contributed by atoms with van der Waals surface area (Å²) in [6.07, 6.45) is 0.771. The standard InChI is InChI=1S/C19H27N5O2S3/c1-14-3-4-16(11-15(14)2)20-18-21-24(19(27)28-18)13-22-6-8-23(9-7-22)17-5-10-29(25,26)12-17/h3-4,11,17H,5-10,12-13H2,1-2H3,(H,20,21). The van der Waals surface area contributed by atoms with E-state index < -0.39 is 9.84 Å². The van der Waals surface area contributed by atoms with Gasteiger partial charge in [-0.15, -0.1) is 5.10 Å². The fraction of sp³-hybridized carbons (Fsp3) is 0.579. The number of rotatable bonds is 5. The molecule has 0 spiro atoms. The molecule has 0 saturated carbocycles. The SMILES string of the molecule is Cc1ccc(Nc2nn(CN3CCN(C4CCS(=O)(=O)C4)CC3)c(=S)s2)cc1C. The lowest BCUT2D eigenvalue weighted by atomic mass is 10.1. The van der Waals surface area contributed by atoms with Crippen LogP contribution in [0.2, 0.25) is 0 Å². The molecule has 2 aliphatic rings. The zero-order chi connectivity index (χ0) is 20.6. The first-order valence-corrected chi connectivity index (χ1v) is 12.9. The molecule has 2 saturated heterocycles. The molecule has 2 aliphatic heterocycles. The van der Waals surface area contributed by atoms with Crippen LogP contribution in [0.15, 0.2) is 18.2 Å². The predicted molar refractivity (Wildman–Crippen MR) is 120 cm³/mol. The van der Waals surface area contributed by atoms with E-state index in [1.807, 2.05) is 4.68 Å². The van der Waals surface area contributed by atoms with E-state index in [1.165, 1.54) is 22.5 Å². The molecule has 0 radical (unpaired) electrons. The van der Waals surface area contributed by atoms with E-state index in [-0.39, 0.29) is 6.04 Å². The van der Waals surface area contributed by atoms with Crippen molar-refractivity contribution in [2.24, 2.45) is 0 Å². The Balaban J connectivity index is 1.33. The number of piperazine rings is 1. The lowest BCUT2D eigenvalue weighted by Gasteiger charge is -2.37. The highest BCUT2D eigenvalue weighted by Gasteiger charge is 2.33. The number of hydrogen-bond donors (Lipinski definition) is 1. The van der Waals surface area contributed by atoms with Gasteiger partial charge in [0.15, 0.2) is 13.8 Å². The minimum Gasteiger partial charge on any atom is -0.330 e. The number of nitrogens with zero attached hydrogens (tertiary/aromatic N) is 4. The van der Waals surface area contributed by atoms with Gasteiger partial charge in [0.2, 0.25) is 5.13 Å². The third-order valence-electron chi connectivity index (χ3n) is 5.83. The average Bonchev–Trinajstić information content (AvgIpc) is 3.20. The Kier molecular flexibility index (Phi) is 6.08. The fourth-order valence-corrected chi connectivity index (χ4v) is 6.69. The first kappa shape index (κ1) is 20.9. The molecule has 1 aromatic heterocycles. The number of nitrogens with one attached hydrogen (secondary N) is 1. The number of aryl methyl sites for hydroxylation is 2. The molecule has 2 aromatic rings. The zero-order valence-electron chi connectivity index (χ0n) is 16.8. The smallest absolute Gasteiger partial charge is 0.209 e. The van der Waals surface area contributed by atoms with Gasteiger partial charge in [0.1, 0.15) is 0 Å². The summed E-state index contributed by atoms with van der Waals surface area (Å²) in [6.45, 7) is 8.45. The molecule has 0 bridgehead atoms. The summed E-state index contributed by atoms with van der Waals surface area (Å²) in [4.78, 5) is 4.66. The van der Waals surface area contributed by atoms with Crippen molar-refractivity contribution in [3.05, 3.63) is 33.3 Å². The summed E-state index contributed by atoms with van der Waals surface area (Å²) in [5.41, 5.74) is 3.53. The van der Waals surface area contributed by atoms with Crippen molar-refractivity contribution >= 4 is 44.2 Å². The average molecular weight is 454 g/mol. The molecule has 4 rings (SSSR count). The van der Waals surface area contributed by atoms with Crippen molar-refractivity contribution in [2.75, 3.05) is 43.0 Å². The second-order valence-corrected chi connectivity index (χ2v) is 11.8. The Hall–Kier alpha value is -1.33. The maximum atomic E-state index is 11.7. The molecule has 2 fully saturated rings. The minimum atomic E-state index is -2.83. The molecule has 3 heterocycles. The molecule has 10 heteroatoms. The summed E-state index contributed by atoms with van der Waals surface area (Å²) in [5, 5.41) is 8.81. The van der Waals surface area contributed by atoms with E-state index in [1.54, 1.807) is 0 Å². The van der Waals surface area contributed by atoms with Crippen molar-refractivity contribution in [3.63, 3.8) is 0 Å². The fourth-order valence-electron chi connectivity index (χ4n) is 3.91. The van der Waals surface area contributed by atoms with Crippen molar-refractivity contribution in [1.82, 2.24) is 19.6 Å². The quantitative estimate of drug-likeness (QED) is 0.698. The molecule has 1 N–H and O–H groups in total. The maximum absolute atomic E-state index is 11.7. The summed E-state index contributed by atoms with van der Waals surface area (Å²) >= 11 is 7.00. The van der Waals surface area contributed by atoms with Gasteiger partial charge < -0.3 is 5.32 Å². The van der Waals surface area contributed by atoms with E-state index in [4.69, 9.17) is 12.2 Å². The number of anilines is 2. The van der Waals surface area contributed by atoms with E-state index >= 15 is 0 Å². The van der Waals surface area contributed by atoms with Crippen LogP contribution in [0, 0.1) is 17.8 Å². The lowest BCUT2D eigenvalue weighted by molar-refractivity contribution is 0.0812. The van der Waals surface area contributed by atoms with Crippen molar-refractivity contribution in [1.29, 1.82) is 0 Å². The van der Waals surface area contributed by atoms with E-state index in [0.29, 0.717) is 18.2 Å². The van der Waals surface area contributed by atoms with Crippen LogP contribution in [-0.4, -0.2) is 71.7 Å². The van der Waals surface area contributed by atoms with Gasteiger partial charge in [-0.2, -0.15) is 0 Å². The molecule has 7 nitrogen and oxygen atoms in total. The molecule has 1 aromatic carbocycles. The van der Waals surface area contributed by atoms with Crippen LogP contribution >= 0.6 is 23.6 Å². The number of hydrogen-bond acceptors (Lipinski definition) is 8. The molecule has 1 atom stereocenters. The Morgan fingerprint density at radius 1 is 1.21 bits per heavy atom. The van der Waals surface area contributed by atoms with E-state index in [0.717, 1.165) is 47.4 Å². The van der Waals surface area contributed by atoms with Gasteiger partial charge in [0.25, 0.3) is 0 Å². The first-order chi connectivity index (χ1) is 13.8. The van der Waals surface area contributed by atoms with Gasteiger partial charge in [0.05, 0.1) is 18.2 Å². The molecule has 1 unspecified atom stereocenters. The predicted octanol–water partition coefficient (Wildman–Crippen LogP) is 2.80. The first-order valence-electron chi connectivity index (χ1n) is 9.88. The Bertz CT molecular complexity index is 1040. The Labute approximate surface area is 181 Å². The highest BCUT2D eigenvalue weighted by atomic mass is 32.2. The van der Waals surface area contributed by atoms with Crippen molar-refractivity contribution < 1.29 is 8.42 Å². The van der Waals surface area contributed by atoms with Gasteiger partial charge in [0, 0.05) is 37.9 Å². The molecule has 158 valence electrons. The maximum Gasteiger partial charge on any atom is 0.209 e. The van der Waals surface area contributed by atoms with Crippen molar-refractivity contribution in [2.45, 2.75) is 33.0 Å². The van der Waals surface area contributed by atoms with Gasteiger partial charge >= 0.3 is 0 Å². The highest BCUT2D eigenvalue weighted by molar-refractivity contribution is 7.91. The normalized spacial score (nSPS) is 22.8. The van der Waals surface area contributed by atoms with Crippen LogP contribution in [0.4, 0.5) is 10.8 Å². The summed E-state index contributed by atoms with van der Waals surface area (Å²) in [6, 6.07) is 6.46. The monoisotopic (exact) mass is 453 g/mol. The van der Waals surface area contributed by atoms with Gasteiger partial charge in [-0.3, -0.25) is 9.80 Å². The summed E-state index contributed by atoms with van der Waals surface area (Å²) in [5.74, 6) is 0.653.